The van der Waals surface area contributed by atoms with Crippen molar-refractivity contribution in [2.75, 3.05) is 5.75 Å². The Morgan fingerprint density at radius 2 is 2.36 bits per heavy atom. The third-order valence-electron chi connectivity index (χ3n) is 2.01. The Morgan fingerprint density at radius 1 is 1.71 bits per heavy atom. The summed E-state index contributed by atoms with van der Waals surface area (Å²) >= 11 is 6.21. The van der Waals surface area contributed by atoms with Crippen molar-refractivity contribution >= 4 is 35.2 Å². The number of hydrogen-bond acceptors (Lipinski definition) is 3. The summed E-state index contributed by atoms with van der Waals surface area (Å²) in [5.74, 6) is 1.93. The van der Waals surface area contributed by atoms with Crippen molar-refractivity contribution in [3.05, 3.63) is 25.9 Å². The lowest BCUT2D eigenvalue weighted by Gasteiger charge is -2.13. The number of aromatic nitrogens is 2. The van der Waals surface area contributed by atoms with Gasteiger partial charge in [0.2, 0.25) is 0 Å². The van der Waals surface area contributed by atoms with Gasteiger partial charge in [0, 0.05) is 12.7 Å². The van der Waals surface area contributed by atoms with Crippen LogP contribution in [-0.2, 0) is 6.54 Å². The summed E-state index contributed by atoms with van der Waals surface area (Å²) in [6.07, 6.45) is 1.61. The summed E-state index contributed by atoms with van der Waals surface area (Å²) in [6, 6.07) is 0. The van der Waals surface area contributed by atoms with Gasteiger partial charge in [0.25, 0.3) is 5.56 Å². The molecule has 5 heteroatoms. The van der Waals surface area contributed by atoms with E-state index in [1.165, 1.54) is 0 Å². The van der Waals surface area contributed by atoms with Crippen molar-refractivity contribution < 1.29 is 0 Å². The van der Waals surface area contributed by atoms with Crippen LogP contribution >= 0.6 is 35.2 Å². The van der Waals surface area contributed by atoms with E-state index in [2.05, 4.69) is 24.5 Å². The van der Waals surface area contributed by atoms with Gasteiger partial charge in [-0.05, 0) is 41.2 Å². The first kappa shape index (κ1) is 12.0. The van der Waals surface area contributed by atoms with Gasteiger partial charge in [-0.1, -0.05) is 6.92 Å². The van der Waals surface area contributed by atoms with Gasteiger partial charge in [0.1, 0.15) is 5.82 Å². The summed E-state index contributed by atoms with van der Waals surface area (Å²) in [5, 5.41) is 0. The Labute approximate surface area is 102 Å². The van der Waals surface area contributed by atoms with E-state index in [4.69, 9.17) is 0 Å². The zero-order valence-corrected chi connectivity index (χ0v) is 11.2. The maximum Gasteiger partial charge on any atom is 0.266 e. The second kappa shape index (κ2) is 5.16. The number of rotatable bonds is 3. The first-order chi connectivity index (χ1) is 6.56. The number of hydrogen-bond donors (Lipinski definition) is 1. The van der Waals surface area contributed by atoms with Crippen molar-refractivity contribution in [2.24, 2.45) is 5.92 Å². The zero-order chi connectivity index (χ0) is 10.7. The third kappa shape index (κ3) is 2.73. The highest BCUT2D eigenvalue weighted by atomic mass is 127. The van der Waals surface area contributed by atoms with Crippen molar-refractivity contribution in [3.63, 3.8) is 0 Å². The van der Waals surface area contributed by atoms with Crippen LogP contribution in [0.25, 0.3) is 0 Å². The van der Waals surface area contributed by atoms with Crippen LogP contribution < -0.4 is 5.56 Å². The highest BCUT2D eigenvalue weighted by Crippen LogP contribution is 2.04. The topological polar surface area (TPSA) is 34.9 Å². The molecule has 0 saturated heterocycles. The van der Waals surface area contributed by atoms with Gasteiger partial charge in [-0.15, -0.1) is 0 Å². The fourth-order valence-corrected chi connectivity index (χ4v) is 1.68. The van der Waals surface area contributed by atoms with Crippen LogP contribution in [0.3, 0.4) is 0 Å². The summed E-state index contributed by atoms with van der Waals surface area (Å²) in [4.78, 5) is 15.9. The molecule has 78 valence electrons. The van der Waals surface area contributed by atoms with E-state index in [0.717, 1.165) is 11.6 Å². The molecule has 1 atom stereocenters. The average Bonchev–Trinajstić information content (AvgIpc) is 2.18. The first-order valence-corrected chi connectivity index (χ1v) is 6.10. The molecular weight excluding hydrogens is 311 g/mol. The molecule has 0 N–H and O–H groups in total. The molecule has 0 amide bonds. The van der Waals surface area contributed by atoms with E-state index in [-0.39, 0.29) is 5.56 Å². The van der Waals surface area contributed by atoms with Crippen molar-refractivity contribution in [3.8, 4) is 0 Å². The molecule has 14 heavy (non-hydrogen) atoms. The van der Waals surface area contributed by atoms with Gasteiger partial charge in [0.15, 0.2) is 0 Å². The average molecular weight is 324 g/mol. The molecule has 0 spiro atoms. The van der Waals surface area contributed by atoms with Gasteiger partial charge in [0.05, 0.1) is 3.57 Å². The first-order valence-electron chi connectivity index (χ1n) is 4.39. The van der Waals surface area contributed by atoms with E-state index in [0.29, 0.717) is 16.0 Å². The Morgan fingerprint density at radius 3 is 2.93 bits per heavy atom. The molecule has 0 saturated carbocycles. The van der Waals surface area contributed by atoms with Crippen molar-refractivity contribution in [1.82, 2.24) is 9.55 Å². The quantitative estimate of drug-likeness (QED) is 0.679. The molecule has 3 nitrogen and oxygen atoms in total. The van der Waals surface area contributed by atoms with E-state index in [1.807, 2.05) is 29.5 Å². The molecule has 0 aliphatic rings. The van der Waals surface area contributed by atoms with Crippen LogP contribution in [0.2, 0.25) is 0 Å². The molecule has 1 aromatic rings. The second-order valence-electron chi connectivity index (χ2n) is 3.36. The van der Waals surface area contributed by atoms with Crippen LogP contribution in [0.4, 0.5) is 0 Å². The SMILES string of the molecule is Cc1ncc(I)c(=O)n1CC(C)CS. The Kier molecular flexibility index (Phi) is 4.43. The molecule has 0 fully saturated rings. The van der Waals surface area contributed by atoms with Gasteiger partial charge in [-0.3, -0.25) is 9.36 Å². The summed E-state index contributed by atoms with van der Waals surface area (Å²) in [5.41, 5.74) is 0.0479. The van der Waals surface area contributed by atoms with Crippen LogP contribution in [0.1, 0.15) is 12.7 Å². The highest BCUT2D eigenvalue weighted by molar-refractivity contribution is 14.1. The fourth-order valence-electron chi connectivity index (χ4n) is 1.14. The molecule has 1 rings (SSSR count). The predicted octanol–water partition coefficient (Wildman–Crippen LogP) is 1.72. The van der Waals surface area contributed by atoms with Gasteiger partial charge in [-0.2, -0.15) is 12.6 Å². The fraction of sp³-hybridized carbons (Fsp3) is 0.556. The smallest absolute Gasteiger partial charge is 0.266 e. The van der Waals surface area contributed by atoms with E-state index in [1.54, 1.807) is 10.8 Å². The lowest BCUT2D eigenvalue weighted by atomic mass is 10.2. The largest absolute Gasteiger partial charge is 0.296 e. The third-order valence-corrected chi connectivity index (χ3v) is 3.37. The minimum Gasteiger partial charge on any atom is -0.296 e. The maximum atomic E-state index is 11.7. The molecular formula is C9H13IN2OS. The molecule has 1 aromatic heterocycles. The van der Waals surface area contributed by atoms with Crippen LogP contribution in [0, 0.1) is 16.4 Å². The minimum absolute atomic E-state index is 0.0479. The summed E-state index contributed by atoms with van der Waals surface area (Å²) in [6.45, 7) is 4.61. The standard InChI is InChI=1S/C9H13IN2OS/c1-6(5-14)4-12-7(2)11-3-8(10)9(12)13/h3,6,14H,4-5H2,1-2H3. The molecule has 0 bridgehead atoms. The molecule has 1 heterocycles. The lowest BCUT2D eigenvalue weighted by Crippen LogP contribution is -2.28. The predicted molar refractivity (Wildman–Crippen MR) is 69.0 cm³/mol. The second-order valence-corrected chi connectivity index (χ2v) is 4.88. The summed E-state index contributed by atoms with van der Waals surface area (Å²) in [7, 11) is 0. The molecule has 1 unspecified atom stereocenters. The van der Waals surface area contributed by atoms with Crippen LogP contribution in [0.15, 0.2) is 11.0 Å². The van der Waals surface area contributed by atoms with Crippen LogP contribution in [0.5, 0.6) is 0 Å². The number of thiol groups is 1. The molecule has 0 aliphatic heterocycles. The van der Waals surface area contributed by atoms with E-state index >= 15 is 0 Å². The Bertz CT molecular complexity index is 378. The van der Waals surface area contributed by atoms with Crippen molar-refractivity contribution in [2.45, 2.75) is 20.4 Å². The Balaban J connectivity index is 3.07. The van der Waals surface area contributed by atoms with Gasteiger partial charge < -0.3 is 0 Å². The molecule has 0 radical (unpaired) electrons. The number of nitrogens with zero attached hydrogens (tertiary/aromatic N) is 2. The van der Waals surface area contributed by atoms with Crippen LogP contribution in [-0.4, -0.2) is 15.3 Å². The normalized spacial score (nSPS) is 12.9. The highest BCUT2D eigenvalue weighted by Gasteiger charge is 2.08. The molecule has 0 aliphatic carbocycles. The van der Waals surface area contributed by atoms with Gasteiger partial charge >= 0.3 is 0 Å². The minimum atomic E-state index is 0.0479. The zero-order valence-electron chi connectivity index (χ0n) is 8.20. The Hall–Kier alpha value is -0.0400. The molecule has 0 aromatic carbocycles. The van der Waals surface area contributed by atoms with Gasteiger partial charge in [-0.25, -0.2) is 4.98 Å². The maximum absolute atomic E-state index is 11.7. The van der Waals surface area contributed by atoms with E-state index < -0.39 is 0 Å². The monoisotopic (exact) mass is 324 g/mol. The van der Waals surface area contributed by atoms with Crippen molar-refractivity contribution in [1.29, 1.82) is 0 Å². The summed E-state index contributed by atoms with van der Waals surface area (Å²) < 4.78 is 2.38. The van der Waals surface area contributed by atoms with E-state index in [9.17, 15) is 4.79 Å². The number of aryl methyl sites for hydroxylation is 1. The number of halogens is 1. The lowest BCUT2D eigenvalue weighted by molar-refractivity contribution is 0.500.